The van der Waals surface area contributed by atoms with E-state index < -0.39 is 24.1 Å². The Bertz CT molecular complexity index is 1120. The predicted octanol–water partition coefficient (Wildman–Crippen LogP) is 3.10. The molecule has 1 heterocycles. The van der Waals surface area contributed by atoms with E-state index in [1.165, 1.54) is 0 Å². The summed E-state index contributed by atoms with van der Waals surface area (Å²) in [5.41, 5.74) is 15.6. The summed E-state index contributed by atoms with van der Waals surface area (Å²) in [4.78, 5) is 25.4. The minimum Gasteiger partial charge on any atom is -0.480 e. The van der Waals surface area contributed by atoms with Gasteiger partial charge in [0.2, 0.25) is 0 Å². The van der Waals surface area contributed by atoms with Gasteiger partial charge in [0.1, 0.15) is 12.1 Å². The number of aliphatic hydroxyl groups is 1. The van der Waals surface area contributed by atoms with Gasteiger partial charge in [-0.25, -0.2) is 9.78 Å². The van der Waals surface area contributed by atoms with Crippen LogP contribution in [0.5, 0.6) is 0 Å². The Morgan fingerprint density at radius 2 is 1.69 bits per heavy atom. The number of aryl methyl sites for hydroxylation is 3. The average molecular weight is 483 g/mol. The largest absolute Gasteiger partial charge is 0.480 e. The van der Waals surface area contributed by atoms with Crippen molar-refractivity contribution in [3.63, 3.8) is 0 Å². The Kier molecular flexibility index (Phi) is 10.1. The van der Waals surface area contributed by atoms with E-state index in [-0.39, 0.29) is 5.56 Å². The minimum absolute atomic E-state index is 0.231. The number of aliphatic carboxylic acids is 1. The van der Waals surface area contributed by atoms with Gasteiger partial charge in [-0.2, -0.15) is 0 Å². The van der Waals surface area contributed by atoms with Gasteiger partial charge in [0.25, 0.3) is 0 Å². The van der Waals surface area contributed by atoms with Gasteiger partial charge in [-0.3, -0.25) is 4.79 Å². The molecular weight excluding hydrogens is 448 g/mol. The fourth-order valence-electron chi connectivity index (χ4n) is 3.81. The Balaban J connectivity index is 0.000000367. The van der Waals surface area contributed by atoms with Crippen molar-refractivity contribution in [2.75, 3.05) is 6.54 Å². The molecule has 3 rings (SSSR count). The average Bonchev–Trinajstić information content (AvgIpc) is 3.34. The van der Waals surface area contributed by atoms with Crippen molar-refractivity contribution < 1.29 is 24.9 Å². The lowest BCUT2D eigenvalue weighted by atomic mass is 9.89. The van der Waals surface area contributed by atoms with Crippen molar-refractivity contribution in [2.45, 2.75) is 52.2 Å². The first-order valence-electron chi connectivity index (χ1n) is 11.4. The first kappa shape index (κ1) is 27.7. The number of nitrogens with two attached hydrogens (primary N) is 2. The smallest absolute Gasteiger partial charge is 0.335 e. The van der Waals surface area contributed by atoms with Gasteiger partial charge in [0.15, 0.2) is 0 Å². The summed E-state index contributed by atoms with van der Waals surface area (Å²) in [6.45, 7) is 6.21. The molecule has 188 valence electrons. The highest BCUT2D eigenvalue weighted by Crippen LogP contribution is 2.31. The molecule has 2 unspecified atom stereocenters. The molecular formula is C26H34N4O5. The summed E-state index contributed by atoms with van der Waals surface area (Å²) in [6.07, 6.45) is 6.59. The fraction of sp³-hybridized carbons (Fsp3) is 0.346. The molecule has 7 N–H and O–H groups in total. The molecule has 2 atom stereocenters. The number of benzene rings is 2. The third kappa shape index (κ3) is 7.48. The number of unbranched alkanes of at least 4 members (excludes halogenated alkanes) is 1. The number of imidazole rings is 1. The van der Waals surface area contributed by atoms with Crippen molar-refractivity contribution in [1.82, 2.24) is 9.55 Å². The van der Waals surface area contributed by atoms with Crippen LogP contribution in [0, 0.1) is 20.8 Å². The topological polar surface area (TPSA) is 165 Å². The number of aromatic carboxylic acids is 1. The molecule has 3 aromatic rings. The van der Waals surface area contributed by atoms with E-state index >= 15 is 0 Å². The second-order valence-electron chi connectivity index (χ2n) is 8.47. The number of hydrogen-bond donors (Lipinski definition) is 5. The van der Waals surface area contributed by atoms with E-state index in [0.29, 0.717) is 13.0 Å². The monoisotopic (exact) mass is 482 g/mol. The standard InChI is InChI=1S/C20H20N2O3.C6H14N2O2/c1-12-4-5-16(22-7-6-21-11-22)10-17(12)19(23)18-13(2)8-15(20(24)25)9-14(18)3;7-4-2-1-3-5(8)6(9)10/h4-11,19,23H,1-3H3,(H,24,25);5H,1-4,7-8H2,(H,9,10). The van der Waals surface area contributed by atoms with Crippen LogP contribution in [0.15, 0.2) is 49.1 Å². The van der Waals surface area contributed by atoms with Gasteiger partial charge in [-0.05, 0) is 92.2 Å². The predicted molar refractivity (Wildman–Crippen MR) is 134 cm³/mol. The highest BCUT2D eigenvalue weighted by Gasteiger charge is 2.20. The highest BCUT2D eigenvalue weighted by atomic mass is 16.4. The molecule has 0 aliphatic rings. The van der Waals surface area contributed by atoms with Crippen LogP contribution in [0.2, 0.25) is 0 Å². The maximum absolute atomic E-state index is 11.2. The number of rotatable bonds is 9. The molecule has 35 heavy (non-hydrogen) atoms. The number of nitrogens with zero attached hydrogens (tertiary/aromatic N) is 2. The Hall–Kier alpha value is -3.53. The van der Waals surface area contributed by atoms with Crippen LogP contribution < -0.4 is 11.5 Å². The van der Waals surface area contributed by atoms with E-state index in [9.17, 15) is 19.8 Å². The van der Waals surface area contributed by atoms with Crippen LogP contribution in [0.25, 0.3) is 5.69 Å². The number of carboxylic acids is 2. The first-order valence-corrected chi connectivity index (χ1v) is 11.4. The summed E-state index contributed by atoms with van der Waals surface area (Å²) in [7, 11) is 0. The number of carboxylic acid groups (broad SMARTS) is 2. The van der Waals surface area contributed by atoms with Crippen molar-refractivity contribution >= 4 is 11.9 Å². The molecule has 1 aromatic heterocycles. The van der Waals surface area contributed by atoms with Gasteiger partial charge >= 0.3 is 11.9 Å². The zero-order valence-corrected chi connectivity index (χ0v) is 20.3. The number of carbonyl (C=O) groups is 2. The Morgan fingerprint density at radius 3 is 2.20 bits per heavy atom. The number of hydrogen-bond acceptors (Lipinski definition) is 6. The zero-order valence-electron chi connectivity index (χ0n) is 20.3. The van der Waals surface area contributed by atoms with E-state index in [4.69, 9.17) is 16.6 Å². The maximum Gasteiger partial charge on any atom is 0.335 e. The number of aliphatic hydroxyl groups excluding tert-OH is 1. The molecule has 9 nitrogen and oxygen atoms in total. The lowest BCUT2D eigenvalue weighted by Crippen LogP contribution is -2.29. The van der Waals surface area contributed by atoms with Gasteiger partial charge in [-0.1, -0.05) is 12.5 Å². The SMILES string of the molecule is Cc1ccc(-n2ccnc2)cc1C(O)c1c(C)cc(C(=O)O)cc1C.NCCCCC(N)C(=O)O. The molecule has 0 aliphatic carbocycles. The van der Waals surface area contributed by atoms with Crippen LogP contribution in [0.1, 0.15) is 63.5 Å². The van der Waals surface area contributed by atoms with Crippen LogP contribution in [-0.4, -0.2) is 49.4 Å². The van der Waals surface area contributed by atoms with Crippen molar-refractivity contribution in [2.24, 2.45) is 11.5 Å². The van der Waals surface area contributed by atoms with E-state index in [2.05, 4.69) is 4.98 Å². The first-order chi connectivity index (χ1) is 16.6. The summed E-state index contributed by atoms with van der Waals surface area (Å²) < 4.78 is 1.88. The molecule has 0 saturated heterocycles. The second kappa shape index (κ2) is 12.8. The molecule has 0 fully saturated rings. The van der Waals surface area contributed by atoms with E-state index in [1.807, 2.05) is 49.7 Å². The van der Waals surface area contributed by atoms with Crippen molar-refractivity contribution in [1.29, 1.82) is 0 Å². The summed E-state index contributed by atoms with van der Waals surface area (Å²) in [6, 6.07) is 8.36. The zero-order chi connectivity index (χ0) is 26.1. The molecule has 0 amide bonds. The minimum atomic E-state index is -0.967. The summed E-state index contributed by atoms with van der Waals surface area (Å²) in [5, 5.41) is 28.5. The summed E-state index contributed by atoms with van der Waals surface area (Å²) in [5.74, 6) is -1.90. The molecule has 0 bridgehead atoms. The van der Waals surface area contributed by atoms with Gasteiger partial charge in [0.05, 0.1) is 11.9 Å². The number of aromatic nitrogens is 2. The van der Waals surface area contributed by atoms with Crippen LogP contribution in [0.4, 0.5) is 0 Å². The van der Waals surface area contributed by atoms with Crippen LogP contribution in [-0.2, 0) is 4.79 Å². The highest BCUT2D eigenvalue weighted by molar-refractivity contribution is 5.88. The van der Waals surface area contributed by atoms with Gasteiger partial charge in [0, 0.05) is 18.1 Å². The van der Waals surface area contributed by atoms with Gasteiger partial charge < -0.3 is 31.4 Å². The third-order valence-electron chi connectivity index (χ3n) is 5.76. The molecule has 0 aliphatic heterocycles. The molecule has 0 radical (unpaired) electrons. The normalized spacial score (nSPS) is 12.4. The van der Waals surface area contributed by atoms with Crippen LogP contribution in [0.3, 0.4) is 0 Å². The quantitative estimate of drug-likeness (QED) is 0.290. The van der Waals surface area contributed by atoms with Crippen LogP contribution >= 0.6 is 0 Å². The Morgan fingerprint density at radius 1 is 1.03 bits per heavy atom. The second-order valence-corrected chi connectivity index (χ2v) is 8.47. The lowest BCUT2D eigenvalue weighted by molar-refractivity contribution is -0.138. The van der Waals surface area contributed by atoms with Crippen molar-refractivity contribution in [3.05, 3.63) is 82.4 Å². The fourth-order valence-corrected chi connectivity index (χ4v) is 3.81. The summed E-state index contributed by atoms with van der Waals surface area (Å²) >= 11 is 0. The van der Waals surface area contributed by atoms with Gasteiger partial charge in [-0.15, -0.1) is 0 Å². The van der Waals surface area contributed by atoms with E-state index in [1.54, 1.807) is 24.7 Å². The lowest BCUT2D eigenvalue weighted by Gasteiger charge is -2.20. The molecule has 2 aromatic carbocycles. The van der Waals surface area contributed by atoms with E-state index in [0.717, 1.165) is 46.3 Å². The Labute approximate surface area is 205 Å². The molecule has 0 spiro atoms. The van der Waals surface area contributed by atoms with Crippen molar-refractivity contribution in [3.8, 4) is 5.69 Å². The third-order valence-corrected chi connectivity index (χ3v) is 5.76. The maximum atomic E-state index is 11.2. The molecule has 0 saturated carbocycles. The molecule has 9 heteroatoms.